The van der Waals surface area contributed by atoms with E-state index in [4.69, 9.17) is 9.84 Å². The molecule has 0 radical (unpaired) electrons. The molecular weight excluding hydrogens is 276 g/mol. The normalized spacial score (nSPS) is 25.0. The molecule has 2 saturated heterocycles. The van der Waals surface area contributed by atoms with Crippen molar-refractivity contribution in [2.45, 2.75) is 38.4 Å². The van der Waals surface area contributed by atoms with Crippen molar-refractivity contribution in [3.05, 3.63) is 0 Å². The maximum Gasteiger partial charge on any atom is 0.410 e. The van der Waals surface area contributed by atoms with E-state index in [0.29, 0.717) is 13.0 Å². The molecule has 0 spiro atoms. The van der Waals surface area contributed by atoms with E-state index in [1.807, 2.05) is 0 Å². The predicted molar refractivity (Wildman–Crippen MR) is 74.5 cm³/mol. The van der Waals surface area contributed by atoms with Crippen LogP contribution in [-0.4, -0.2) is 76.0 Å². The quantitative estimate of drug-likeness (QED) is 0.754. The molecule has 7 nitrogen and oxygen atoms in total. The van der Waals surface area contributed by atoms with Crippen molar-refractivity contribution < 1.29 is 24.5 Å². The Morgan fingerprint density at radius 3 is 2.52 bits per heavy atom. The monoisotopic (exact) mass is 300 g/mol. The summed E-state index contributed by atoms with van der Waals surface area (Å²) < 4.78 is 5.22. The van der Waals surface area contributed by atoms with Gasteiger partial charge < -0.3 is 24.7 Å². The molecule has 0 aliphatic carbocycles. The third-order valence-electron chi connectivity index (χ3n) is 3.66. The van der Waals surface area contributed by atoms with Crippen molar-refractivity contribution in [2.75, 3.05) is 32.8 Å². The van der Waals surface area contributed by atoms with Gasteiger partial charge in [-0.25, -0.2) is 4.79 Å². The zero-order valence-electron chi connectivity index (χ0n) is 12.8. The summed E-state index contributed by atoms with van der Waals surface area (Å²) in [5.74, 6) is -0.110. The summed E-state index contributed by atoms with van der Waals surface area (Å²) >= 11 is 0. The van der Waals surface area contributed by atoms with Crippen LogP contribution in [0.4, 0.5) is 4.79 Å². The summed E-state index contributed by atoms with van der Waals surface area (Å²) in [6.45, 7) is 6.32. The molecule has 2 rings (SSSR count). The fourth-order valence-corrected chi connectivity index (χ4v) is 2.70. The van der Waals surface area contributed by atoms with Crippen LogP contribution in [0.25, 0.3) is 0 Å². The smallest absolute Gasteiger partial charge is 0.410 e. The number of hydrogen-bond acceptors (Lipinski definition) is 5. The molecule has 120 valence electrons. The summed E-state index contributed by atoms with van der Waals surface area (Å²) in [6.07, 6.45) is -0.129. The first kappa shape index (κ1) is 16.0. The van der Waals surface area contributed by atoms with Crippen molar-refractivity contribution in [1.82, 2.24) is 9.80 Å². The number of aliphatic hydroxyl groups is 2. The van der Waals surface area contributed by atoms with Crippen molar-refractivity contribution in [1.29, 1.82) is 0 Å². The van der Waals surface area contributed by atoms with Crippen LogP contribution in [0.15, 0.2) is 0 Å². The molecule has 1 atom stereocenters. The first-order valence-corrected chi connectivity index (χ1v) is 7.21. The summed E-state index contributed by atoms with van der Waals surface area (Å²) in [6, 6.07) is 0. The molecule has 1 unspecified atom stereocenters. The van der Waals surface area contributed by atoms with Crippen molar-refractivity contribution in [3.63, 3.8) is 0 Å². The third kappa shape index (κ3) is 3.85. The van der Waals surface area contributed by atoms with Crippen molar-refractivity contribution in [2.24, 2.45) is 5.92 Å². The number of carbonyl (C=O) groups excluding carboxylic acids is 2. The minimum absolute atomic E-state index is 0.0231. The number of rotatable bonds is 3. The van der Waals surface area contributed by atoms with Gasteiger partial charge in [0.05, 0.1) is 19.6 Å². The Labute approximate surface area is 124 Å². The Hall–Kier alpha value is -1.34. The molecule has 0 aromatic heterocycles. The van der Waals surface area contributed by atoms with Crippen LogP contribution in [0.1, 0.15) is 27.2 Å². The largest absolute Gasteiger partial charge is 0.444 e. The third-order valence-corrected chi connectivity index (χ3v) is 3.66. The zero-order chi connectivity index (χ0) is 15.8. The van der Waals surface area contributed by atoms with E-state index in [0.717, 1.165) is 0 Å². The van der Waals surface area contributed by atoms with E-state index < -0.39 is 17.3 Å². The lowest BCUT2D eigenvalue weighted by atomic mass is 9.94. The summed E-state index contributed by atoms with van der Waals surface area (Å²) in [5.41, 5.74) is -1.64. The Morgan fingerprint density at radius 2 is 2.05 bits per heavy atom. The van der Waals surface area contributed by atoms with E-state index in [1.54, 1.807) is 25.7 Å². The molecule has 2 heterocycles. The number of ether oxygens (including phenoxy) is 1. The molecule has 0 aromatic carbocycles. The molecule has 0 aromatic rings. The Balaban J connectivity index is 1.82. The van der Waals surface area contributed by atoms with Gasteiger partial charge in [0.2, 0.25) is 5.91 Å². The van der Waals surface area contributed by atoms with Gasteiger partial charge in [0.1, 0.15) is 11.2 Å². The summed E-state index contributed by atoms with van der Waals surface area (Å²) in [4.78, 5) is 26.6. The number of nitrogens with zero attached hydrogens (tertiary/aromatic N) is 2. The topological polar surface area (TPSA) is 90.3 Å². The minimum Gasteiger partial charge on any atom is -0.444 e. The standard InChI is InChI=1S/C14H24N2O5/c1-13(2,3)21-12(19)16-8-14(20,9-16)7-15-5-10(6-17)4-11(15)18/h10,17,20H,4-9H2,1-3H3. The van der Waals surface area contributed by atoms with Gasteiger partial charge in [0.25, 0.3) is 0 Å². The molecule has 2 aliphatic rings. The van der Waals surface area contributed by atoms with Crippen LogP contribution in [0, 0.1) is 5.92 Å². The lowest BCUT2D eigenvalue weighted by molar-refractivity contribution is -0.139. The lowest BCUT2D eigenvalue weighted by Gasteiger charge is -2.47. The van der Waals surface area contributed by atoms with E-state index in [2.05, 4.69) is 0 Å². The number of amides is 2. The highest BCUT2D eigenvalue weighted by atomic mass is 16.6. The molecule has 2 aliphatic heterocycles. The number of likely N-dealkylation sites (tertiary alicyclic amines) is 2. The molecule has 2 amide bonds. The highest BCUT2D eigenvalue weighted by Gasteiger charge is 2.47. The number of aliphatic hydroxyl groups excluding tert-OH is 1. The van der Waals surface area contributed by atoms with Crippen LogP contribution in [0.3, 0.4) is 0 Å². The van der Waals surface area contributed by atoms with Crippen LogP contribution < -0.4 is 0 Å². The van der Waals surface area contributed by atoms with Gasteiger partial charge in [-0.15, -0.1) is 0 Å². The SMILES string of the molecule is CC(C)(C)OC(=O)N1CC(O)(CN2CC(CO)CC2=O)C1. The maximum atomic E-state index is 11.8. The Bertz CT molecular complexity index is 426. The van der Waals surface area contributed by atoms with Crippen LogP contribution in [0.2, 0.25) is 0 Å². The van der Waals surface area contributed by atoms with E-state index in [-0.39, 0.29) is 38.1 Å². The molecular formula is C14H24N2O5. The van der Waals surface area contributed by atoms with Gasteiger partial charge in [-0.05, 0) is 20.8 Å². The average Bonchev–Trinajstić information content (AvgIpc) is 2.64. The lowest BCUT2D eigenvalue weighted by Crippen LogP contribution is -2.68. The van der Waals surface area contributed by atoms with Gasteiger partial charge in [0.15, 0.2) is 0 Å². The molecule has 0 bridgehead atoms. The minimum atomic E-state index is -1.07. The predicted octanol–water partition coefficient (Wildman–Crippen LogP) is -0.191. The van der Waals surface area contributed by atoms with Gasteiger partial charge >= 0.3 is 6.09 Å². The average molecular weight is 300 g/mol. The maximum absolute atomic E-state index is 11.8. The fraction of sp³-hybridized carbons (Fsp3) is 0.857. The molecule has 7 heteroatoms. The van der Waals surface area contributed by atoms with E-state index in [9.17, 15) is 14.7 Å². The second kappa shape index (κ2) is 5.46. The fourth-order valence-electron chi connectivity index (χ4n) is 2.70. The van der Waals surface area contributed by atoms with Crippen LogP contribution in [0.5, 0.6) is 0 Å². The van der Waals surface area contributed by atoms with Gasteiger partial charge in [-0.3, -0.25) is 4.79 Å². The van der Waals surface area contributed by atoms with Gasteiger partial charge in [-0.1, -0.05) is 0 Å². The Kier molecular flexibility index (Phi) is 4.17. The zero-order valence-corrected chi connectivity index (χ0v) is 12.8. The van der Waals surface area contributed by atoms with E-state index >= 15 is 0 Å². The van der Waals surface area contributed by atoms with Crippen LogP contribution >= 0.6 is 0 Å². The first-order valence-electron chi connectivity index (χ1n) is 7.21. The second-order valence-corrected chi connectivity index (χ2v) is 7.09. The highest BCUT2D eigenvalue weighted by molar-refractivity contribution is 5.79. The highest BCUT2D eigenvalue weighted by Crippen LogP contribution is 2.27. The van der Waals surface area contributed by atoms with Gasteiger partial charge in [-0.2, -0.15) is 0 Å². The van der Waals surface area contributed by atoms with Gasteiger partial charge in [0, 0.05) is 25.5 Å². The van der Waals surface area contributed by atoms with Crippen molar-refractivity contribution >= 4 is 12.0 Å². The summed E-state index contributed by atoms with van der Waals surface area (Å²) in [5, 5.41) is 19.4. The van der Waals surface area contributed by atoms with Crippen LogP contribution in [-0.2, 0) is 9.53 Å². The molecule has 2 N–H and O–H groups in total. The number of β-amino-alcohol motifs (C(OH)–C–C–N with tert-alkyl or cyclic N) is 1. The first-order chi connectivity index (χ1) is 9.62. The molecule has 21 heavy (non-hydrogen) atoms. The molecule has 0 saturated carbocycles. The Morgan fingerprint density at radius 1 is 1.43 bits per heavy atom. The number of hydrogen-bond donors (Lipinski definition) is 2. The summed E-state index contributed by atoms with van der Waals surface area (Å²) in [7, 11) is 0. The molecule has 2 fully saturated rings. The van der Waals surface area contributed by atoms with Crippen molar-refractivity contribution in [3.8, 4) is 0 Å². The second-order valence-electron chi connectivity index (χ2n) is 7.09. The van der Waals surface area contributed by atoms with E-state index in [1.165, 1.54) is 4.90 Å². The number of carbonyl (C=O) groups is 2.